The van der Waals surface area contributed by atoms with E-state index >= 15 is 0 Å². The molecular formula is C23H21NO3. The first-order chi connectivity index (χ1) is 13.3. The molecule has 1 unspecified atom stereocenters. The van der Waals surface area contributed by atoms with Crippen LogP contribution in [0.4, 0.5) is 17.1 Å². The third-order valence-electron chi connectivity index (χ3n) is 5.04. The van der Waals surface area contributed by atoms with Crippen LogP contribution in [0.2, 0.25) is 0 Å². The van der Waals surface area contributed by atoms with Gasteiger partial charge in [-0.15, -0.1) is 0 Å². The van der Waals surface area contributed by atoms with Gasteiger partial charge in [0.15, 0.2) is 0 Å². The minimum atomic E-state index is 0.270. The fraction of sp³-hybridized carbons (Fsp3) is 0.217. The lowest BCUT2D eigenvalue weighted by molar-refractivity contribution is 0.415. The Morgan fingerprint density at radius 2 is 1.04 bits per heavy atom. The first-order valence-corrected chi connectivity index (χ1v) is 9.19. The van der Waals surface area contributed by atoms with E-state index in [1.54, 1.807) is 7.11 Å². The van der Waals surface area contributed by atoms with Crippen molar-refractivity contribution in [1.82, 2.24) is 0 Å². The molecule has 2 fully saturated rings. The quantitative estimate of drug-likeness (QED) is 0.559. The molecule has 27 heavy (non-hydrogen) atoms. The minimum absolute atomic E-state index is 0.270. The van der Waals surface area contributed by atoms with Gasteiger partial charge in [0.05, 0.1) is 20.3 Å². The van der Waals surface area contributed by atoms with Gasteiger partial charge in [-0.25, -0.2) is 0 Å². The Morgan fingerprint density at radius 1 is 0.667 bits per heavy atom. The molecule has 0 amide bonds. The highest BCUT2D eigenvalue weighted by atomic mass is 16.6. The lowest BCUT2D eigenvalue weighted by Gasteiger charge is -2.26. The lowest BCUT2D eigenvalue weighted by Crippen LogP contribution is -2.10. The molecule has 136 valence electrons. The number of hydrogen-bond donors (Lipinski definition) is 0. The highest BCUT2D eigenvalue weighted by Gasteiger charge is 2.26. The van der Waals surface area contributed by atoms with E-state index in [9.17, 15) is 0 Å². The van der Waals surface area contributed by atoms with Crippen LogP contribution in [0.1, 0.15) is 23.3 Å². The van der Waals surface area contributed by atoms with E-state index in [4.69, 9.17) is 14.2 Å². The summed E-state index contributed by atoms with van der Waals surface area (Å²) in [6.45, 7) is 1.65. The highest BCUT2D eigenvalue weighted by molar-refractivity contribution is 5.77. The zero-order valence-electron chi connectivity index (χ0n) is 15.2. The Balaban J connectivity index is 1.52. The number of epoxide rings is 2. The third-order valence-corrected chi connectivity index (χ3v) is 5.04. The topological polar surface area (TPSA) is 37.5 Å². The predicted octanol–water partition coefficient (Wildman–Crippen LogP) is 5.31. The van der Waals surface area contributed by atoms with Crippen LogP contribution in [0.5, 0.6) is 5.75 Å². The van der Waals surface area contributed by atoms with Crippen molar-refractivity contribution in [2.45, 2.75) is 12.2 Å². The van der Waals surface area contributed by atoms with Gasteiger partial charge in [-0.05, 0) is 59.7 Å². The molecule has 2 saturated heterocycles. The molecule has 2 heterocycles. The first kappa shape index (κ1) is 16.4. The van der Waals surface area contributed by atoms with E-state index < -0.39 is 0 Å². The van der Waals surface area contributed by atoms with Crippen LogP contribution in [0.25, 0.3) is 0 Å². The van der Waals surface area contributed by atoms with Crippen LogP contribution in [0.15, 0.2) is 72.8 Å². The fourth-order valence-corrected chi connectivity index (χ4v) is 3.34. The zero-order valence-corrected chi connectivity index (χ0v) is 15.2. The van der Waals surface area contributed by atoms with Gasteiger partial charge in [0.1, 0.15) is 18.0 Å². The maximum absolute atomic E-state index is 5.39. The van der Waals surface area contributed by atoms with E-state index in [1.165, 1.54) is 11.1 Å². The van der Waals surface area contributed by atoms with Crippen LogP contribution in [-0.2, 0) is 9.47 Å². The second-order valence-corrected chi connectivity index (χ2v) is 6.86. The molecule has 5 rings (SSSR count). The molecule has 0 radical (unpaired) electrons. The fourth-order valence-electron chi connectivity index (χ4n) is 3.34. The molecule has 4 nitrogen and oxygen atoms in total. The summed E-state index contributed by atoms with van der Waals surface area (Å²) in [5.41, 5.74) is 5.77. The predicted molar refractivity (Wildman–Crippen MR) is 105 cm³/mol. The Bertz CT molecular complexity index is 856. The van der Waals surface area contributed by atoms with Crippen LogP contribution in [0, 0.1) is 0 Å². The standard InChI is InChI=1S/C23H21NO3/c1-25-21-12-10-20(11-13-21)24(18-6-2-16(3-7-18)22-14-26-22)19-8-4-17(5-9-19)23-15-27-23/h2-13,22-23H,14-15H2,1H3/t22-,23?/m1/s1. The second-order valence-electron chi connectivity index (χ2n) is 6.86. The van der Waals surface area contributed by atoms with Gasteiger partial charge in [-0.2, -0.15) is 0 Å². The number of ether oxygens (including phenoxy) is 3. The Labute approximate surface area is 158 Å². The molecule has 0 saturated carbocycles. The number of anilines is 3. The zero-order chi connectivity index (χ0) is 18.2. The number of benzene rings is 3. The number of rotatable bonds is 6. The molecule has 0 N–H and O–H groups in total. The maximum Gasteiger partial charge on any atom is 0.119 e. The Morgan fingerprint density at radius 3 is 1.37 bits per heavy atom. The van der Waals surface area contributed by atoms with Crippen molar-refractivity contribution in [2.75, 3.05) is 25.2 Å². The number of methoxy groups -OCH3 is 1. The van der Waals surface area contributed by atoms with E-state index in [0.29, 0.717) is 0 Å². The van der Waals surface area contributed by atoms with Crippen LogP contribution >= 0.6 is 0 Å². The summed E-state index contributed by atoms with van der Waals surface area (Å²) < 4.78 is 16.1. The van der Waals surface area contributed by atoms with Crippen molar-refractivity contribution in [3.63, 3.8) is 0 Å². The SMILES string of the molecule is COc1ccc(N(c2ccc(C3CO3)cc2)c2ccc([C@H]3CO3)cc2)cc1. The molecule has 3 aromatic carbocycles. The van der Waals surface area contributed by atoms with Crippen LogP contribution < -0.4 is 9.64 Å². The number of hydrogen-bond acceptors (Lipinski definition) is 4. The monoisotopic (exact) mass is 359 g/mol. The largest absolute Gasteiger partial charge is 0.497 e. The van der Waals surface area contributed by atoms with E-state index in [0.717, 1.165) is 36.0 Å². The van der Waals surface area contributed by atoms with Crippen LogP contribution in [-0.4, -0.2) is 20.3 Å². The molecule has 0 aliphatic carbocycles. The van der Waals surface area contributed by atoms with Crippen molar-refractivity contribution >= 4 is 17.1 Å². The van der Waals surface area contributed by atoms with Gasteiger partial charge < -0.3 is 19.1 Å². The normalized spacial score (nSPS) is 20.2. The van der Waals surface area contributed by atoms with Gasteiger partial charge in [-0.3, -0.25) is 0 Å². The molecular weight excluding hydrogens is 338 g/mol. The molecule has 2 aliphatic rings. The number of nitrogens with zero attached hydrogens (tertiary/aromatic N) is 1. The van der Waals surface area contributed by atoms with Crippen molar-refractivity contribution in [3.05, 3.63) is 83.9 Å². The van der Waals surface area contributed by atoms with Crippen molar-refractivity contribution in [3.8, 4) is 5.75 Å². The molecule has 4 heteroatoms. The van der Waals surface area contributed by atoms with Gasteiger partial charge in [0.25, 0.3) is 0 Å². The summed E-state index contributed by atoms with van der Waals surface area (Å²) in [4.78, 5) is 2.24. The summed E-state index contributed by atoms with van der Waals surface area (Å²) in [7, 11) is 1.68. The van der Waals surface area contributed by atoms with E-state index in [-0.39, 0.29) is 12.2 Å². The summed E-state index contributed by atoms with van der Waals surface area (Å²) in [6.07, 6.45) is 0.539. The second kappa shape index (κ2) is 6.72. The average Bonchev–Trinajstić information content (AvgIpc) is 3.63. The van der Waals surface area contributed by atoms with Gasteiger partial charge in [-0.1, -0.05) is 24.3 Å². The van der Waals surface area contributed by atoms with Crippen molar-refractivity contribution < 1.29 is 14.2 Å². The van der Waals surface area contributed by atoms with Crippen molar-refractivity contribution in [1.29, 1.82) is 0 Å². The van der Waals surface area contributed by atoms with Gasteiger partial charge in [0, 0.05) is 17.1 Å². The smallest absolute Gasteiger partial charge is 0.119 e. The first-order valence-electron chi connectivity index (χ1n) is 9.19. The molecule has 0 aromatic heterocycles. The summed E-state index contributed by atoms with van der Waals surface area (Å²) in [6, 6.07) is 25.3. The molecule has 3 aromatic rings. The van der Waals surface area contributed by atoms with Gasteiger partial charge in [0.2, 0.25) is 0 Å². The minimum Gasteiger partial charge on any atom is -0.497 e. The molecule has 0 bridgehead atoms. The third kappa shape index (κ3) is 3.42. The van der Waals surface area contributed by atoms with Gasteiger partial charge >= 0.3 is 0 Å². The average molecular weight is 359 g/mol. The molecule has 0 spiro atoms. The Hall–Kier alpha value is -2.82. The summed E-state index contributed by atoms with van der Waals surface area (Å²) in [5, 5.41) is 0. The summed E-state index contributed by atoms with van der Waals surface area (Å²) in [5.74, 6) is 0.848. The highest BCUT2D eigenvalue weighted by Crippen LogP contribution is 2.38. The Kier molecular flexibility index (Phi) is 4.07. The molecule has 2 aliphatic heterocycles. The van der Waals surface area contributed by atoms with E-state index in [1.807, 2.05) is 12.1 Å². The van der Waals surface area contributed by atoms with E-state index in [2.05, 4.69) is 65.6 Å². The summed E-state index contributed by atoms with van der Waals surface area (Å²) >= 11 is 0. The lowest BCUT2D eigenvalue weighted by atomic mass is 10.1. The molecule has 2 atom stereocenters. The van der Waals surface area contributed by atoms with Crippen LogP contribution in [0.3, 0.4) is 0 Å². The maximum atomic E-state index is 5.39. The van der Waals surface area contributed by atoms with Crippen molar-refractivity contribution in [2.24, 2.45) is 0 Å².